The topological polar surface area (TPSA) is 101 Å². The zero-order valence-electron chi connectivity index (χ0n) is 17.5. The maximum absolute atomic E-state index is 12.2. The lowest BCUT2D eigenvalue weighted by atomic mass is 10.1. The van der Waals surface area contributed by atoms with Gasteiger partial charge in [-0.15, -0.1) is 11.3 Å². The second-order valence-corrected chi connectivity index (χ2v) is 8.01. The quantitative estimate of drug-likeness (QED) is 0.575. The van der Waals surface area contributed by atoms with Crippen molar-refractivity contribution in [2.45, 2.75) is 13.3 Å². The van der Waals surface area contributed by atoms with E-state index < -0.39 is 0 Å². The number of fused-ring (bicyclic) bond motifs is 1. The van der Waals surface area contributed by atoms with Crippen LogP contribution in [-0.4, -0.2) is 42.4 Å². The third kappa shape index (κ3) is 4.78. The van der Waals surface area contributed by atoms with Crippen LogP contribution in [0.4, 0.5) is 10.8 Å². The van der Waals surface area contributed by atoms with E-state index in [2.05, 4.69) is 15.6 Å². The first kappa shape index (κ1) is 21.5. The maximum Gasteiger partial charge on any atom is 0.265 e. The number of anilines is 2. The number of rotatable bonds is 7. The Hall–Kier alpha value is -3.72. The van der Waals surface area contributed by atoms with Gasteiger partial charge in [0.1, 0.15) is 5.75 Å². The lowest BCUT2D eigenvalue weighted by Gasteiger charge is -2.29. The fourth-order valence-corrected chi connectivity index (χ4v) is 4.05. The van der Waals surface area contributed by atoms with Gasteiger partial charge in [0.05, 0.1) is 17.9 Å². The fraction of sp³-hybridized carbons (Fsp3) is 0.217. The van der Waals surface area contributed by atoms with Crippen molar-refractivity contribution in [3.8, 4) is 17.0 Å². The molecule has 0 bridgehead atoms. The Labute approximate surface area is 189 Å². The third-order valence-electron chi connectivity index (χ3n) is 4.84. The Morgan fingerprint density at radius 1 is 1.19 bits per heavy atom. The van der Waals surface area contributed by atoms with Gasteiger partial charge in [0, 0.05) is 23.1 Å². The predicted molar refractivity (Wildman–Crippen MR) is 123 cm³/mol. The Bertz CT molecular complexity index is 1150. The zero-order chi connectivity index (χ0) is 22.5. The number of ether oxygens (including phenoxy) is 1. The Morgan fingerprint density at radius 3 is 2.78 bits per heavy atom. The van der Waals surface area contributed by atoms with Crippen molar-refractivity contribution in [1.82, 2.24) is 10.3 Å². The summed E-state index contributed by atoms with van der Waals surface area (Å²) in [5.74, 6) is -0.0863. The number of hydrogen-bond acceptors (Lipinski definition) is 6. The smallest absolute Gasteiger partial charge is 0.265 e. The number of aromatic nitrogens is 1. The van der Waals surface area contributed by atoms with Crippen LogP contribution in [0.15, 0.2) is 53.9 Å². The molecule has 1 aliphatic heterocycles. The minimum atomic E-state index is -0.367. The first-order valence-corrected chi connectivity index (χ1v) is 11.1. The molecule has 0 radical (unpaired) electrons. The van der Waals surface area contributed by atoms with Gasteiger partial charge in [-0.05, 0) is 36.8 Å². The summed E-state index contributed by atoms with van der Waals surface area (Å²) in [6, 6.07) is 14.3. The highest BCUT2D eigenvalue weighted by Gasteiger charge is 2.25. The summed E-state index contributed by atoms with van der Waals surface area (Å²) in [5, 5.41) is 7.54. The highest BCUT2D eigenvalue weighted by molar-refractivity contribution is 7.14. The molecular weight excluding hydrogens is 428 g/mol. The Balaban J connectivity index is 1.41. The normalized spacial score (nSPS) is 12.7. The van der Waals surface area contributed by atoms with Gasteiger partial charge in [0.15, 0.2) is 11.7 Å². The maximum atomic E-state index is 12.2. The summed E-state index contributed by atoms with van der Waals surface area (Å²) in [6.45, 7) is 2.52. The summed E-state index contributed by atoms with van der Waals surface area (Å²) in [4.78, 5) is 42.7. The summed E-state index contributed by atoms with van der Waals surface area (Å²) in [6.07, 6.45) is 0.836. The summed E-state index contributed by atoms with van der Waals surface area (Å²) in [5.41, 5.74) is 2.71. The molecule has 1 aliphatic rings. The van der Waals surface area contributed by atoms with Gasteiger partial charge in [-0.25, -0.2) is 4.98 Å². The molecule has 0 unspecified atom stereocenters. The van der Waals surface area contributed by atoms with Crippen LogP contribution in [0.25, 0.3) is 11.3 Å². The highest BCUT2D eigenvalue weighted by Crippen LogP contribution is 2.36. The van der Waals surface area contributed by atoms with Crippen molar-refractivity contribution in [2.24, 2.45) is 0 Å². The summed E-state index contributed by atoms with van der Waals surface area (Å²) in [7, 11) is 0. The van der Waals surface area contributed by atoms with Crippen molar-refractivity contribution in [3.63, 3.8) is 0 Å². The van der Waals surface area contributed by atoms with Crippen LogP contribution >= 0.6 is 11.3 Å². The van der Waals surface area contributed by atoms with Gasteiger partial charge >= 0.3 is 0 Å². The lowest BCUT2D eigenvalue weighted by molar-refractivity contribution is -0.121. The van der Waals surface area contributed by atoms with Crippen molar-refractivity contribution in [3.05, 3.63) is 59.5 Å². The molecule has 4 rings (SSSR count). The van der Waals surface area contributed by atoms with Crippen molar-refractivity contribution in [2.75, 3.05) is 29.9 Å². The van der Waals surface area contributed by atoms with Crippen LogP contribution in [0.3, 0.4) is 0 Å². The molecule has 0 saturated carbocycles. The van der Waals surface area contributed by atoms with Gasteiger partial charge in [0.2, 0.25) is 5.91 Å². The molecule has 0 saturated heterocycles. The van der Waals surface area contributed by atoms with E-state index in [4.69, 9.17) is 4.74 Å². The fourth-order valence-electron chi connectivity index (χ4n) is 3.31. The second-order valence-electron chi connectivity index (χ2n) is 7.15. The van der Waals surface area contributed by atoms with Crippen LogP contribution in [-0.2, 0) is 9.59 Å². The molecule has 32 heavy (non-hydrogen) atoms. The minimum Gasteiger partial charge on any atom is -0.482 e. The first-order valence-electron chi connectivity index (χ1n) is 10.2. The van der Waals surface area contributed by atoms with Gasteiger partial charge < -0.3 is 20.3 Å². The number of amides is 3. The van der Waals surface area contributed by atoms with E-state index in [0.29, 0.717) is 28.7 Å². The average Bonchev–Trinajstić information content (AvgIpc) is 3.28. The standard InChI is InChI=1S/C23H22N4O4S/c1-2-10-27-18-11-16(8-9-19(18)31-13-21(27)29)17-14-32-23(25-17)26-20(28)12-24-22(30)15-6-4-3-5-7-15/h3-9,11,14H,2,10,12-13H2,1H3,(H,24,30)(H,25,26,28). The third-order valence-corrected chi connectivity index (χ3v) is 5.60. The molecule has 0 aliphatic carbocycles. The monoisotopic (exact) mass is 450 g/mol. The van der Waals surface area contributed by atoms with Gasteiger partial charge in [-0.2, -0.15) is 0 Å². The molecular formula is C23H22N4O4S. The number of nitrogens with one attached hydrogen (secondary N) is 2. The molecule has 0 atom stereocenters. The van der Waals surface area contributed by atoms with E-state index in [9.17, 15) is 14.4 Å². The van der Waals surface area contributed by atoms with E-state index in [0.717, 1.165) is 17.7 Å². The van der Waals surface area contributed by atoms with Crippen LogP contribution in [0.2, 0.25) is 0 Å². The average molecular weight is 451 g/mol. The molecule has 3 aromatic rings. The number of benzene rings is 2. The van der Waals surface area contributed by atoms with Crippen LogP contribution in [0.1, 0.15) is 23.7 Å². The van der Waals surface area contributed by atoms with Crippen LogP contribution in [0.5, 0.6) is 5.75 Å². The minimum absolute atomic E-state index is 0.0417. The van der Waals surface area contributed by atoms with Crippen LogP contribution < -0.4 is 20.3 Å². The molecule has 0 spiro atoms. The largest absolute Gasteiger partial charge is 0.482 e. The summed E-state index contributed by atoms with van der Waals surface area (Å²) >= 11 is 1.28. The number of nitrogens with zero attached hydrogens (tertiary/aromatic N) is 2. The molecule has 9 heteroatoms. The van der Waals surface area contributed by atoms with Gasteiger partial charge in [0.25, 0.3) is 11.8 Å². The van der Waals surface area contributed by atoms with E-state index in [1.165, 1.54) is 11.3 Å². The molecule has 164 valence electrons. The zero-order valence-corrected chi connectivity index (χ0v) is 18.3. The van der Waals surface area contributed by atoms with Crippen LogP contribution in [0, 0.1) is 0 Å². The molecule has 8 nitrogen and oxygen atoms in total. The van der Waals surface area contributed by atoms with E-state index in [1.807, 2.05) is 36.6 Å². The molecule has 3 amide bonds. The first-order chi connectivity index (χ1) is 15.5. The molecule has 1 aromatic heterocycles. The van der Waals surface area contributed by atoms with Crippen molar-refractivity contribution < 1.29 is 19.1 Å². The van der Waals surface area contributed by atoms with E-state index in [1.54, 1.807) is 29.2 Å². The number of carbonyl (C=O) groups is 3. The number of carbonyl (C=O) groups excluding carboxylic acids is 3. The van der Waals surface area contributed by atoms with Crippen molar-refractivity contribution in [1.29, 1.82) is 0 Å². The van der Waals surface area contributed by atoms with Gasteiger partial charge in [-0.1, -0.05) is 25.1 Å². The summed E-state index contributed by atoms with van der Waals surface area (Å²) < 4.78 is 5.54. The highest BCUT2D eigenvalue weighted by atomic mass is 32.1. The Morgan fingerprint density at radius 2 is 2.00 bits per heavy atom. The number of thiazole rings is 1. The SMILES string of the molecule is CCCN1C(=O)COc2ccc(-c3csc(NC(=O)CNC(=O)c4ccccc4)n3)cc21. The molecule has 2 aromatic carbocycles. The molecule has 0 fully saturated rings. The van der Waals surface area contributed by atoms with E-state index in [-0.39, 0.29) is 30.9 Å². The molecule has 2 heterocycles. The number of hydrogen-bond donors (Lipinski definition) is 2. The Kier molecular flexibility index (Phi) is 6.46. The lowest BCUT2D eigenvalue weighted by Crippen LogP contribution is -2.39. The molecule has 2 N–H and O–H groups in total. The second kappa shape index (κ2) is 9.61. The predicted octanol–water partition coefficient (Wildman–Crippen LogP) is 3.31. The van der Waals surface area contributed by atoms with Gasteiger partial charge in [-0.3, -0.25) is 14.4 Å². The van der Waals surface area contributed by atoms with Crippen molar-refractivity contribution >= 4 is 39.9 Å². The van der Waals surface area contributed by atoms with E-state index >= 15 is 0 Å².